The molecule has 1 aliphatic heterocycles. The summed E-state index contributed by atoms with van der Waals surface area (Å²) in [6.45, 7) is 3.50. The topological polar surface area (TPSA) is 75.2 Å². The predicted molar refractivity (Wildman–Crippen MR) is 96.1 cm³/mol. The fourth-order valence-corrected chi connectivity index (χ4v) is 3.81. The zero-order valence-corrected chi connectivity index (χ0v) is 15.1. The van der Waals surface area contributed by atoms with Crippen molar-refractivity contribution in [2.45, 2.75) is 38.6 Å². The van der Waals surface area contributed by atoms with Crippen molar-refractivity contribution < 1.29 is 9.59 Å². The monoisotopic (exact) mass is 358 g/mol. The van der Waals surface area contributed by atoms with E-state index in [1.807, 2.05) is 21.7 Å². The third-order valence-electron chi connectivity index (χ3n) is 4.53. The van der Waals surface area contributed by atoms with Crippen molar-refractivity contribution >= 4 is 23.2 Å². The molecule has 3 rings (SSSR count). The van der Waals surface area contributed by atoms with Crippen LogP contribution in [0.3, 0.4) is 0 Å². The van der Waals surface area contributed by atoms with Crippen molar-refractivity contribution in [2.75, 3.05) is 13.1 Å². The van der Waals surface area contributed by atoms with Crippen molar-refractivity contribution in [3.8, 4) is 0 Å². The largest absolute Gasteiger partial charge is 0.350 e. The Morgan fingerprint density at radius 2 is 2.04 bits per heavy atom. The molecule has 1 fully saturated rings. The van der Waals surface area contributed by atoms with E-state index in [4.69, 9.17) is 0 Å². The van der Waals surface area contributed by atoms with Crippen molar-refractivity contribution in [3.05, 3.63) is 46.2 Å². The summed E-state index contributed by atoms with van der Waals surface area (Å²) in [6.07, 6.45) is 5.51. The number of aromatic nitrogens is 2. The Kier molecular flexibility index (Phi) is 5.75. The molecule has 132 valence electrons. The maximum absolute atomic E-state index is 12.1. The SMILES string of the molecule is CC(=O)N1CCC(c2nccnc2CNC(=O)Cc2ccsc2)CC1. The van der Waals surface area contributed by atoms with Gasteiger partial charge in [0, 0.05) is 38.3 Å². The van der Waals surface area contributed by atoms with Crippen molar-refractivity contribution in [3.63, 3.8) is 0 Å². The molecule has 6 nitrogen and oxygen atoms in total. The van der Waals surface area contributed by atoms with Gasteiger partial charge in [-0.15, -0.1) is 0 Å². The number of nitrogens with one attached hydrogen (secondary N) is 1. The van der Waals surface area contributed by atoms with Crippen LogP contribution in [0.2, 0.25) is 0 Å². The standard InChI is InChI=1S/C18H22N4O2S/c1-13(23)22-7-2-15(3-8-22)18-16(19-5-6-20-18)11-21-17(24)10-14-4-9-25-12-14/h4-6,9,12,15H,2-3,7-8,10-11H2,1H3,(H,21,24). The molecule has 0 unspecified atom stereocenters. The fourth-order valence-electron chi connectivity index (χ4n) is 3.15. The fraction of sp³-hybridized carbons (Fsp3) is 0.444. The van der Waals surface area contributed by atoms with E-state index in [9.17, 15) is 9.59 Å². The third kappa shape index (κ3) is 4.63. The maximum atomic E-state index is 12.1. The second-order valence-electron chi connectivity index (χ2n) is 6.25. The van der Waals surface area contributed by atoms with Crippen LogP contribution in [-0.4, -0.2) is 39.8 Å². The smallest absolute Gasteiger partial charge is 0.224 e. The second kappa shape index (κ2) is 8.20. The van der Waals surface area contributed by atoms with Crippen LogP contribution in [0.15, 0.2) is 29.2 Å². The van der Waals surface area contributed by atoms with E-state index >= 15 is 0 Å². The summed E-state index contributed by atoms with van der Waals surface area (Å²) in [5, 5.41) is 6.89. The summed E-state index contributed by atoms with van der Waals surface area (Å²) in [6, 6.07) is 1.96. The molecule has 2 aromatic rings. The maximum Gasteiger partial charge on any atom is 0.224 e. The number of rotatable bonds is 5. The number of carbonyl (C=O) groups excluding carboxylic acids is 2. The molecule has 25 heavy (non-hydrogen) atoms. The molecule has 0 aliphatic carbocycles. The van der Waals surface area contributed by atoms with Crippen LogP contribution in [0.5, 0.6) is 0 Å². The summed E-state index contributed by atoms with van der Waals surface area (Å²) in [4.78, 5) is 34.4. The lowest BCUT2D eigenvalue weighted by atomic mass is 9.92. The van der Waals surface area contributed by atoms with Crippen LogP contribution in [0, 0.1) is 0 Å². The van der Waals surface area contributed by atoms with Crippen LogP contribution < -0.4 is 5.32 Å². The second-order valence-corrected chi connectivity index (χ2v) is 7.03. The van der Waals surface area contributed by atoms with E-state index in [-0.39, 0.29) is 17.7 Å². The molecule has 1 aliphatic rings. The number of likely N-dealkylation sites (tertiary alicyclic amines) is 1. The van der Waals surface area contributed by atoms with E-state index in [1.54, 1.807) is 30.7 Å². The van der Waals surface area contributed by atoms with Gasteiger partial charge < -0.3 is 10.2 Å². The number of carbonyl (C=O) groups is 2. The minimum absolute atomic E-state index is 0.0126. The molecule has 2 aromatic heterocycles. The van der Waals surface area contributed by atoms with Gasteiger partial charge in [0.15, 0.2) is 0 Å². The lowest BCUT2D eigenvalue weighted by Crippen LogP contribution is -2.37. The molecule has 0 saturated carbocycles. The van der Waals surface area contributed by atoms with E-state index < -0.39 is 0 Å². The van der Waals surface area contributed by atoms with E-state index in [0.29, 0.717) is 13.0 Å². The van der Waals surface area contributed by atoms with Gasteiger partial charge in [-0.05, 0) is 35.2 Å². The lowest BCUT2D eigenvalue weighted by Gasteiger charge is -2.31. The first-order valence-electron chi connectivity index (χ1n) is 8.46. The molecule has 0 aromatic carbocycles. The average molecular weight is 358 g/mol. The Morgan fingerprint density at radius 1 is 1.28 bits per heavy atom. The highest BCUT2D eigenvalue weighted by molar-refractivity contribution is 7.08. The Bertz CT molecular complexity index is 724. The predicted octanol–water partition coefficient (Wildman–Crippen LogP) is 2.12. The Hall–Kier alpha value is -2.28. The average Bonchev–Trinajstić information content (AvgIpc) is 3.13. The van der Waals surface area contributed by atoms with Gasteiger partial charge in [0.05, 0.1) is 24.4 Å². The molecular formula is C18H22N4O2S. The van der Waals surface area contributed by atoms with Crippen LogP contribution in [0.4, 0.5) is 0 Å². The summed E-state index contributed by atoms with van der Waals surface area (Å²) in [5.41, 5.74) is 2.79. The molecule has 1 N–H and O–H groups in total. The first kappa shape index (κ1) is 17.5. The molecule has 0 spiro atoms. The van der Waals surface area contributed by atoms with Gasteiger partial charge in [-0.25, -0.2) is 0 Å². The molecule has 0 radical (unpaired) electrons. The number of hydrogen-bond donors (Lipinski definition) is 1. The highest BCUT2D eigenvalue weighted by atomic mass is 32.1. The van der Waals surface area contributed by atoms with Gasteiger partial charge in [0.25, 0.3) is 0 Å². The number of piperidine rings is 1. The van der Waals surface area contributed by atoms with E-state index in [0.717, 1.165) is 42.9 Å². The Morgan fingerprint density at radius 3 is 2.72 bits per heavy atom. The van der Waals surface area contributed by atoms with Gasteiger partial charge in [0.2, 0.25) is 11.8 Å². The molecular weight excluding hydrogens is 336 g/mol. The van der Waals surface area contributed by atoms with Crippen LogP contribution >= 0.6 is 11.3 Å². The van der Waals surface area contributed by atoms with Crippen molar-refractivity contribution in [2.24, 2.45) is 0 Å². The highest BCUT2D eigenvalue weighted by Gasteiger charge is 2.25. The van der Waals surface area contributed by atoms with Gasteiger partial charge in [0.1, 0.15) is 0 Å². The minimum atomic E-state index is -0.0126. The van der Waals surface area contributed by atoms with Gasteiger partial charge in [-0.3, -0.25) is 19.6 Å². The van der Waals surface area contributed by atoms with Gasteiger partial charge in [-0.1, -0.05) is 0 Å². The number of thiophene rings is 1. The molecule has 3 heterocycles. The molecule has 1 saturated heterocycles. The van der Waals surface area contributed by atoms with Crippen molar-refractivity contribution in [1.29, 1.82) is 0 Å². The molecule has 0 atom stereocenters. The summed E-state index contributed by atoms with van der Waals surface area (Å²) < 4.78 is 0. The third-order valence-corrected chi connectivity index (χ3v) is 5.26. The summed E-state index contributed by atoms with van der Waals surface area (Å²) >= 11 is 1.59. The summed E-state index contributed by atoms with van der Waals surface area (Å²) in [7, 11) is 0. The van der Waals surface area contributed by atoms with Gasteiger partial charge >= 0.3 is 0 Å². The lowest BCUT2D eigenvalue weighted by molar-refractivity contribution is -0.129. The Balaban J connectivity index is 1.59. The van der Waals surface area contributed by atoms with Crippen molar-refractivity contribution in [1.82, 2.24) is 20.2 Å². The highest BCUT2D eigenvalue weighted by Crippen LogP contribution is 2.28. The zero-order chi connectivity index (χ0) is 17.6. The number of amides is 2. The molecule has 7 heteroatoms. The van der Waals surface area contributed by atoms with E-state index in [1.165, 1.54) is 0 Å². The minimum Gasteiger partial charge on any atom is -0.350 e. The Labute approximate surface area is 151 Å². The number of nitrogens with zero attached hydrogens (tertiary/aromatic N) is 3. The van der Waals surface area contributed by atoms with Crippen LogP contribution in [0.1, 0.15) is 42.6 Å². The zero-order valence-electron chi connectivity index (χ0n) is 14.3. The number of hydrogen-bond acceptors (Lipinski definition) is 5. The van der Waals surface area contributed by atoms with Gasteiger partial charge in [-0.2, -0.15) is 11.3 Å². The van der Waals surface area contributed by atoms with Crippen LogP contribution in [-0.2, 0) is 22.6 Å². The first-order chi connectivity index (χ1) is 12.1. The van der Waals surface area contributed by atoms with E-state index in [2.05, 4.69) is 15.3 Å². The van der Waals surface area contributed by atoms with Crippen LogP contribution in [0.25, 0.3) is 0 Å². The first-order valence-corrected chi connectivity index (χ1v) is 9.41. The normalized spacial score (nSPS) is 15.2. The molecule has 0 bridgehead atoms. The summed E-state index contributed by atoms with van der Waals surface area (Å²) in [5.74, 6) is 0.396. The molecule has 2 amide bonds. The quantitative estimate of drug-likeness (QED) is 0.888.